The fourth-order valence-corrected chi connectivity index (χ4v) is 2.67. The van der Waals surface area contributed by atoms with Crippen molar-refractivity contribution in [2.75, 3.05) is 26.1 Å². The number of halogens is 1. The summed E-state index contributed by atoms with van der Waals surface area (Å²) in [5.41, 5.74) is 0.984. The van der Waals surface area contributed by atoms with Crippen LogP contribution in [0.25, 0.3) is 0 Å². The van der Waals surface area contributed by atoms with Gasteiger partial charge in [0.25, 0.3) is 5.91 Å². The molecule has 0 saturated carbocycles. The number of hydrogen-bond acceptors (Lipinski definition) is 4. The van der Waals surface area contributed by atoms with Crippen molar-refractivity contribution in [2.24, 2.45) is 5.92 Å². The number of ether oxygens (including phenoxy) is 3. The van der Waals surface area contributed by atoms with Gasteiger partial charge in [-0.25, -0.2) is 0 Å². The Morgan fingerprint density at radius 2 is 1.81 bits per heavy atom. The van der Waals surface area contributed by atoms with Gasteiger partial charge in [0.05, 0.1) is 32.1 Å². The lowest BCUT2D eigenvalue weighted by Gasteiger charge is -2.15. The minimum absolute atomic E-state index is 0.280. The first-order chi connectivity index (χ1) is 12.4. The van der Waals surface area contributed by atoms with Gasteiger partial charge in [-0.2, -0.15) is 0 Å². The van der Waals surface area contributed by atoms with E-state index in [0.29, 0.717) is 41.0 Å². The van der Waals surface area contributed by atoms with Gasteiger partial charge in [0.15, 0.2) is 0 Å². The number of rotatable bonds is 8. The van der Waals surface area contributed by atoms with E-state index in [-0.39, 0.29) is 5.91 Å². The average Bonchev–Trinajstić information content (AvgIpc) is 2.62. The highest BCUT2D eigenvalue weighted by Crippen LogP contribution is 2.31. The van der Waals surface area contributed by atoms with Gasteiger partial charge in [0, 0.05) is 10.5 Å². The Balaban J connectivity index is 2.25. The molecule has 0 heterocycles. The van der Waals surface area contributed by atoms with Crippen LogP contribution in [0.3, 0.4) is 0 Å². The molecule has 0 fully saturated rings. The summed E-state index contributed by atoms with van der Waals surface area (Å²) >= 11 is 3.41. The molecule has 2 aromatic carbocycles. The number of methoxy groups -OCH3 is 2. The minimum Gasteiger partial charge on any atom is -0.497 e. The van der Waals surface area contributed by atoms with Crippen LogP contribution in [0.2, 0.25) is 0 Å². The Morgan fingerprint density at radius 1 is 1.08 bits per heavy atom. The van der Waals surface area contributed by atoms with Gasteiger partial charge < -0.3 is 19.5 Å². The van der Waals surface area contributed by atoms with Crippen LogP contribution < -0.4 is 19.5 Å². The molecule has 0 aromatic heterocycles. The molecule has 140 valence electrons. The molecule has 26 heavy (non-hydrogen) atoms. The van der Waals surface area contributed by atoms with Gasteiger partial charge in [-0.05, 0) is 42.7 Å². The summed E-state index contributed by atoms with van der Waals surface area (Å²) in [5, 5.41) is 2.87. The molecule has 0 aliphatic rings. The summed E-state index contributed by atoms with van der Waals surface area (Å²) in [6.45, 7) is 4.82. The number of carbonyl (C=O) groups excluding carboxylic acids is 1. The molecule has 0 aliphatic carbocycles. The molecule has 0 bridgehead atoms. The summed E-state index contributed by atoms with van der Waals surface area (Å²) in [7, 11) is 3.12. The highest BCUT2D eigenvalue weighted by molar-refractivity contribution is 9.10. The Bertz CT molecular complexity index is 761. The van der Waals surface area contributed by atoms with E-state index in [1.807, 2.05) is 6.07 Å². The standard InChI is InChI=1S/C20H24BrNO4/c1-13(2)9-10-26-18-7-5-14(21)11-16(18)20(23)22-17-12-15(24-3)6-8-19(17)25-4/h5-8,11-13H,9-10H2,1-4H3,(H,22,23). The molecule has 0 spiro atoms. The van der Waals surface area contributed by atoms with Gasteiger partial charge in [-0.15, -0.1) is 0 Å². The zero-order valence-electron chi connectivity index (χ0n) is 15.5. The van der Waals surface area contributed by atoms with Crippen LogP contribution in [0.15, 0.2) is 40.9 Å². The highest BCUT2D eigenvalue weighted by Gasteiger charge is 2.16. The third-order valence-corrected chi connectivity index (χ3v) is 4.29. The Kier molecular flexibility index (Phi) is 7.33. The van der Waals surface area contributed by atoms with Gasteiger partial charge in [0.2, 0.25) is 0 Å². The third kappa shape index (κ3) is 5.39. The number of benzene rings is 2. The first-order valence-corrected chi connectivity index (χ1v) is 9.19. The van der Waals surface area contributed by atoms with Crippen molar-refractivity contribution in [1.29, 1.82) is 0 Å². The molecule has 1 amide bonds. The molecule has 0 unspecified atom stereocenters. The molecule has 0 saturated heterocycles. The number of anilines is 1. The number of carbonyl (C=O) groups is 1. The molecule has 1 N–H and O–H groups in total. The summed E-state index contributed by atoms with van der Waals surface area (Å²) in [6, 6.07) is 10.6. The van der Waals surface area contributed by atoms with Crippen LogP contribution in [0.1, 0.15) is 30.6 Å². The average molecular weight is 422 g/mol. The third-order valence-electron chi connectivity index (χ3n) is 3.79. The van der Waals surface area contributed by atoms with E-state index in [1.165, 1.54) is 0 Å². The predicted octanol–water partition coefficient (Wildman–Crippen LogP) is 5.14. The molecular weight excluding hydrogens is 398 g/mol. The summed E-state index contributed by atoms with van der Waals surface area (Å²) in [6.07, 6.45) is 0.917. The molecular formula is C20H24BrNO4. The fraction of sp³-hybridized carbons (Fsp3) is 0.350. The van der Waals surface area contributed by atoms with E-state index in [2.05, 4.69) is 35.1 Å². The maximum atomic E-state index is 12.8. The maximum Gasteiger partial charge on any atom is 0.259 e. The lowest BCUT2D eigenvalue weighted by Crippen LogP contribution is -2.15. The Morgan fingerprint density at radius 3 is 2.46 bits per heavy atom. The smallest absolute Gasteiger partial charge is 0.259 e. The SMILES string of the molecule is COc1ccc(OC)c(NC(=O)c2cc(Br)ccc2OCCC(C)C)c1. The number of nitrogens with one attached hydrogen (secondary N) is 1. The lowest BCUT2D eigenvalue weighted by atomic mass is 10.1. The summed E-state index contributed by atoms with van der Waals surface area (Å²) in [4.78, 5) is 12.8. The second-order valence-corrected chi connectivity index (χ2v) is 7.11. The van der Waals surface area contributed by atoms with Gasteiger partial charge in [0.1, 0.15) is 17.2 Å². The molecule has 2 aromatic rings. The van der Waals surface area contributed by atoms with Crippen molar-refractivity contribution in [3.63, 3.8) is 0 Å². The van der Waals surface area contributed by atoms with Crippen molar-refractivity contribution >= 4 is 27.5 Å². The van der Waals surface area contributed by atoms with Gasteiger partial charge in [-0.1, -0.05) is 29.8 Å². The van der Waals surface area contributed by atoms with Gasteiger partial charge >= 0.3 is 0 Å². The molecule has 5 nitrogen and oxygen atoms in total. The Hall–Kier alpha value is -2.21. The first-order valence-electron chi connectivity index (χ1n) is 8.40. The zero-order chi connectivity index (χ0) is 19.1. The minimum atomic E-state index is -0.280. The van der Waals surface area contributed by atoms with E-state index in [1.54, 1.807) is 44.6 Å². The van der Waals surface area contributed by atoms with Crippen LogP contribution >= 0.6 is 15.9 Å². The molecule has 0 atom stereocenters. The van der Waals surface area contributed by atoms with E-state index < -0.39 is 0 Å². The largest absolute Gasteiger partial charge is 0.497 e. The number of amides is 1. The number of hydrogen-bond donors (Lipinski definition) is 1. The van der Waals surface area contributed by atoms with Crippen molar-refractivity contribution in [3.8, 4) is 17.2 Å². The predicted molar refractivity (Wildman–Crippen MR) is 107 cm³/mol. The zero-order valence-corrected chi connectivity index (χ0v) is 17.1. The normalized spacial score (nSPS) is 10.5. The first kappa shape index (κ1) is 20.1. The van der Waals surface area contributed by atoms with Crippen molar-refractivity contribution < 1.29 is 19.0 Å². The topological polar surface area (TPSA) is 56.8 Å². The lowest BCUT2D eigenvalue weighted by molar-refractivity contribution is 0.102. The summed E-state index contributed by atoms with van der Waals surface area (Å²) in [5.74, 6) is 1.98. The maximum absolute atomic E-state index is 12.8. The van der Waals surface area contributed by atoms with Gasteiger partial charge in [-0.3, -0.25) is 4.79 Å². The summed E-state index contributed by atoms with van der Waals surface area (Å²) < 4.78 is 17.2. The van der Waals surface area contributed by atoms with E-state index in [0.717, 1.165) is 10.9 Å². The van der Waals surface area contributed by atoms with Crippen LogP contribution in [0.4, 0.5) is 5.69 Å². The molecule has 0 aliphatic heterocycles. The quantitative estimate of drug-likeness (QED) is 0.640. The van der Waals surface area contributed by atoms with Crippen LogP contribution in [0.5, 0.6) is 17.2 Å². The van der Waals surface area contributed by atoms with E-state index >= 15 is 0 Å². The van der Waals surface area contributed by atoms with Crippen molar-refractivity contribution in [2.45, 2.75) is 20.3 Å². The second kappa shape index (κ2) is 9.48. The van der Waals surface area contributed by atoms with Crippen molar-refractivity contribution in [1.82, 2.24) is 0 Å². The second-order valence-electron chi connectivity index (χ2n) is 6.19. The molecule has 6 heteroatoms. The highest BCUT2D eigenvalue weighted by atomic mass is 79.9. The molecule has 2 rings (SSSR count). The monoisotopic (exact) mass is 421 g/mol. The molecule has 0 radical (unpaired) electrons. The van der Waals surface area contributed by atoms with Crippen LogP contribution in [-0.4, -0.2) is 26.7 Å². The Labute approximate surface area is 162 Å². The fourth-order valence-electron chi connectivity index (χ4n) is 2.31. The van der Waals surface area contributed by atoms with Crippen LogP contribution in [0, 0.1) is 5.92 Å². The van der Waals surface area contributed by atoms with Crippen LogP contribution in [-0.2, 0) is 0 Å². The van der Waals surface area contributed by atoms with Crippen molar-refractivity contribution in [3.05, 3.63) is 46.4 Å². The van der Waals surface area contributed by atoms with E-state index in [4.69, 9.17) is 14.2 Å². The van der Waals surface area contributed by atoms with E-state index in [9.17, 15) is 4.79 Å².